The van der Waals surface area contributed by atoms with Crippen LogP contribution in [0.1, 0.15) is 29.2 Å². The molecule has 1 unspecified atom stereocenters. The number of hydrazone groups is 1. The molecular formula is C22H21N3O3S. The second kappa shape index (κ2) is 8.46. The van der Waals surface area contributed by atoms with Gasteiger partial charge in [-0.25, -0.2) is 8.42 Å². The minimum Gasteiger partial charge on any atom is -0.392 e. The maximum absolute atomic E-state index is 10.9. The fourth-order valence-electron chi connectivity index (χ4n) is 3.45. The quantitative estimate of drug-likeness (QED) is 0.547. The molecule has 3 aromatic rings. The molecule has 0 saturated heterocycles. The Morgan fingerprint density at radius 2 is 1.66 bits per heavy atom. The van der Waals surface area contributed by atoms with E-state index in [1.807, 2.05) is 71.7 Å². The molecule has 0 radical (unpaired) electrons. The topological polar surface area (TPSA) is 82.0 Å². The van der Waals surface area contributed by atoms with E-state index in [0.29, 0.717) is 5.69 Å². The number of aliphatic hydroxyl groups is 1. The molecule has 2 N–H and O–H groups in total. The summed E-state index contributed by atoms with van der Waals surface area (Å²) in [5.74, 6) is 0. The Bertz CT molecular complexity index is 1070. The van der Waals surface area contributed by atoms with E-state index in [0.717, 1.165) is 34.5 Å². The van der Waals surface area contributed by atoms with E-state index in [1.165, 1.54) is 0 Å². The molecule has 1 atom stereocenters. The van der Waals surface area contributed by atoms with Crippen LogP contribution in [0.3, 0.4) is 0 Å². The van der Waals surface area contributed by atoms with Crippen molar-refractivity contribution in [2.75, 3.05) is 9.73 Å². The third-order valence-corrected chi connectivity index (χ3v) is 5.36. The Labute approximate surface area is 171 Å². The van der Waals surface area contributed by atoms with Gasteiger partial charge >= 0.3 is 0 Å². The molecule has 0 bridgehead atoms. The Kier molecular flexibility index (Phi) is 5.59. The van der Waals surface area contributed by atoms with Crippen molar-refractivity contribution in [1.29, 1.82) is 0 Å². The molecule has 0 aromatic heterocycles. The number of thiol groups is 1. The van der Waals surface area contributed by atoms with E-state index < -0.39 is 10.9 Å². The number of hydrogen-bond acceptors (Lipinski definition) is 5. The normalized spacial score (nSPS) is 16.1. The molecule has 148 valence electrons. The molecule has 0 amide bonds. The maximum atomic E-state index is 10.9. The van der Waals surface area contributed by atoms with Crippen molar-refractivity contribution in [2.24, 2.45) is 5.10 Å². The summed E-state index contributed by atoms with van der Waals surface area (Å²) in [5, 5.41) is 16.2. The highest BCUT2D eigenvalue weighted by Gasteiger charge is 2.29. The van der Waals surface area contributed by atoms with Crippen LogP contribution in [0.2, 0.25) is 0 Å². The zero-order valence-corrected chi connectivity index (χ0v) is 16.5. The largest absolute Gasteiger partial charge is 0.392 e. The van der Waals surface area contributed by atoms with Crippen LogP contribution in [0.5, 0.6) is 0 Å². The highest BCUT2D eigenvalue weighted by atomic mass is 32.2. The number of aliphatic hydroxyl groups excluding tert-OH is 1. The summed E-state index contributed by atoms with van der Waals surface area (Å²) in [6, 6.07) is 25.1. The van der Waals surface area contributed by atoms with Gasteiger partial charge < -0.3 is 5.11 Å². The van der Waals surface area contributed by atoms with Crippen molar-refractivity contribution in [1.82, 2.24) is 0 Å². The lowest BCUT2D eigenvalue weighted by Crippen LogP contribution is -2.18. The lowest BCUT2D eigenvalue weighted by atomic mass is 9.97. The standard InChI is InChI=1S/C22H21N3O3S/c26-15-16-6-8-18(9-7-16)22-14-21(17-4-2-1-3-5-17)23-25(22)20-12-10-19(11-13-20)24-29(27)28/h1-13,22,26,29H,14-15H2,(H,24,27,28). The van der Waals surface area contributed by atoms with Gasteiger partial charge in [-0.3, -0.25) is 9.73 Å². The molecule has 6 nitrogen and oxygen atoms in total. The predicted molar refractivity (Wildman–Crippen MR) is 116 cm³/mol. The smallest absolute Gasteiger partial charge is 0.222 e. The SMILES string of the molecule is O=[SH](=O)Nc1ccc(N2N=C(c3ccccc3)CC2c2ccc(CO)cc2)cc1. The first kappa shape index (κ1) is 19.2. The fourth-order valence-corrected chi connectivity index (χ4v) is 3.81. The van der Waals surface area contributed by atoms with Crippen molar-refractivity contribution in [2.45, 2.75) is 19.1 Å². The Hall–Kier alpha value is -3.16. The summed E-state index contributed by atoms with van der Waals surface area (Å²) in [6.45, 7) is 0.0108. The van der Waals surface area contributed by atoms with Crippen LogP contribution in [0.25, 0.3) is 0 Å². The van der Waals surface area contributed by atoms with Gasteiger partial charge in [-0.15, -0.1) is 0 Å². The first-order valence-corrected chi connectivity index (χ1v) is 10.4. The monoisotopic (exact) mass is 407 g/mol. The average molecular weight is 407 g/mol. The third kappa shape index (κ3) is 4.31. The molecular weight excluding hydrogens is 386 g/mol. The molecule has 1 aliphatic heterocycles. The molecule has 7 heteroatoms. The molecule has 3 aromatic carbocycles. The number of hydrogen-bond donors (Lipinski definition) is 3. The molecule has 1 heterocycles. The summed E-state index contributed by atoms with van der Waals surface area (Å²) in [7, 11) is -2.70. The minimum atomic E-state index is -2.70. The number of benzene rings is 3. The van der Waals surface area contributed by atoms with Gasteiger partial charge in [0.15, 0.2) is 0 Å². The Morgan fingerprint density at radius 3 is 2.28 bits per heavy atom. The highest BCUT2D eigenvalue weighted by Crippen LogP contribution is 2.37. The van der Waals surface area contributed by atoms with E-state index in [9.17, 15) is 13.5 Å². The van der Waals surface area contributed by atoms with Gasteiger partial charge in [0.05, 0.1) is 24.0 Å². The summed E-state index contributed by atoms with van der Waals surface area (Å²) >= 11 is 0. The van der Waals surface area contributed by atoms with Crippen molar-refractivity contribution in [3.63, 3.8) is 0 Å². The van der Waals surface area contributed by atoms with E-state index in [2.05, 4.69) is 4.72 Å². The maximum Gasteiger partial charge on any atom is 0.222 e. The third-order valence-electron chi connectivity index (χ3n) is 4.92. The van der Waals surface area contributed by atoms with Gasteiger partial charge in [0.25, 0.3) is 0 Å². The van der Waals surface area contributed by atoms with Crippen LogP contribution < -0.4 is 9.73 Å². The van der Waals surface area contributed by atoms with E-state index >= 15 is 0 Å². The van der Waals surface area contributed by atoms with Gasteiger partial charge in [-0.05, 0) is 41.0 Å². The van der Waals surface area contributed by atoms with Gasteiger partial charge in [0, 0.05) is 12.1 Å². The second-order valence-electron chi connectivity index (χ2n) is 6.79. The second-order valence-corrected chi connectivity index (χ2v) is 7.53. The lowest BCUT2D eigenvalue weighted by Gasteiger charge is -2.24. The van der Waals surface area contributed by atoms with Crippen LogP contribution in [0, 0.1) is 0 Å². The molecule has 29 heavy (non-hydrogen) atoms. The highest BCUT2D eigenvalue weighted by molar-refractivity contribution is 7.73. The summed E-state index contributed by atoms with van der Waals surface area (Å²) in [5.41, 5.74) is 5.42. The minimum absolute atomic E-state index is 0.00731. The first-order valence-electron chi connectivity index (χ1n) is 9.27. The molecule has 0 aliphatic carbocycles. The van der Waals surface area contributed by atoms with Crippen molar-refractivity contribution < 1.29 is 13.5 Å². The van der Waals surface area contributed by atoms with E-state index in [1.54, 1.807) is 12.1 Å². The first-order chi connectivity index (χ1) is 14.1. The Balaban J connectivity index is 1.69. The summed E-state index contributed by atoms with van der Waals surface area (Å²) in [6.07, 6.45) is 0.745. The van der Waals surface area contributed by atoms with Crippen LogP contribution in [0.15, 0.2) is 84.0 Å². The zero-order valence-electron chi connectivity index (χ0n) is 15.6. The Morgan fingerprint density at radius 1 is 0.966 bits per heavy atom. The van der Waals surface area contributed by atoms with Gasteiger partial charge in [-0.2, -0.15) is 5.10 Å². The molecule has 0 saturated carbocycles. The molecule has 0 spiro atoms. The van der Waals surface area contributed by atoms with Crippen molar-refractivity contribution in [3.05, 3.63) is 95.6 Å². The van der Waals surface area contributed by atoms with Crippen molar-refractivity contribution in [3.8, 4) is 0 Å². The van der Waals surface area contributed by atoms with Gasteiger partial charge in [0.1, 0.15) is 0 Å². The average Bonchev–Trinajstić information content (AvgIpc) is 3.20. The molecule has 1 aliphatic rings. The van der Waals surface area contributed by atoms with Crippen molar-refractivity contribution >= 4 is 28.0 Å². The lowest BCUT2D eigenvalue weighted by molar-refractivity contribution is 0.282. The van der Waals surface area contributed by atoms with Gasteiger partial charge in [-0.1, -0.05) is 54.6 Å². The number of nitrogens with one attached hydrogen (secondary N) is 1. The summed E-state index contributed by atoms with van der Waals surface area (Å²) in [4.78, 5) is 0. The van der Waals surface area contributed by atoms with Gasteiger partial charge in [0.2, 0.25) is 10.9 Å². The van der Waals surface area contributed by atoms with Crippen LogP contribution in [-0.2, 0) is 17.5 Å². The summed E-state index contributed by atoms with van der Waals surface area (Å²) < 4.78 is 24.1. The molecule has 4 rings (SSSR count). The predicted octanol–water partition coefficient (Wildman–Crippen LogP) is 3.47. The number of anilines is 2. The van der Waals surface area contributed by atoms with E-state index in [-0.39, 0.29) is 12.6 Å². The molecule has 0 fully saturated rings. The van der Waals surface area contributed by atoms with E-state index in [4.69, 9.17) is 5.10 Å². The van der Waals surface area contributed by atoms with Crippen LogP contribution >= 0.6 is 0 Å². The number of nitrogens with zero attached hydrogens (tertiary/aromatic N) is 2. The number of rotatable bonds is 6. The van der Waals surface area contributed by atoms with Crippen LogP contribution in [0.4, 0.5) is 11.4 Å². The van der Waals surface area contributed by atoms with Crippen LogP contribution in [-0.4, -0.2) is 19.2 Å². The zero-order chi connectivity index (χ0) is 20.2. The fraction of sp³-hybridized carbons (Fsp3) is 0.136.